The SMILES string of the molecule is CCOc1cccc(C2CC2C(=O)NCC(c2ccc(C(C)C)cc2)N2CCOCC2)c1. The lowest BCUT2D eigenvalue weighted by atomic mass is 9.98. The van der Waals surface area contributed by atoms with Crippen LogP contribution < -0.4 is 10.1 Å². The Kier molecular flexibility index (Phi) is 7.48. The molecule has 3 unspecified atom stereocenters. The van der Waals surface area contributed by atoms with Crippen molar-refractivity contribution in [2.24, 2.45) is 5.92 Å². The van der Waals surface area contributed by atoms with Crippen molar-refractivity contribution in [1.82, 2.24) is 10.2 Å². The molecule has 3 atom stereocenters. The molecule has 5 heteroatoms. The summed E-state index contributed by atoms with van der Waals surface area (Å²) in [6.07, 6.45) is 0.909. The normalized spacial score (nSPS) is 21.9. The van der Waals surface area contributed by atoms with Gasteiger partial charge < -0.3 is 14.8 Å². The van der Waals surface area contributed by atoms with Gasteiger partial charge in [-0.05, 0) is 54.0 Å². The van der Waals surface area contributed by atoms with E-state index in [2.05, 4.69) is 60.5 Å². The molecule has 1 N–H and O–H groups in total. The Morgan fingerprint density at radius 3 is 2.53 bits per heavy atom. The zero-order valence-corrected chi connectivity index (χ0v) is 19.5. The molecule has 172 valence electrons. The Morgan fingerprint density at radius 1 is 1.12 bits per heavy atom. The number of nitrogens with one attached hydrogen (secondary N) is 1. The van der Waals surface area contributed by atoms with Gasteiger partial charge in [0.25, 0.3) is 0 Å². The number of hydrogen-bond donors (Lipinski definition) is 1. The van der Waals surface area contributed by atoms with Gasteiger partial charge in [-0.15, -0.1) is 0 Å². The van der Waals surface area contributed by atoms with Crippen molar-refractivity contribution in [2.75, 3.05) is 39.5 Å². The van der Waals surface area contributed by atoms with Gasteiger partial charge in [0.1, 0.15) is 5.75 Å². The highest BCUT2D eigenvalue weighted by Gasteiger charge is 2.44. The van der Waals surface area contributed by atoms with Gasteiger partial charge in [0.2, 0.25) is 5.91 Å². The van der Waals surface area contributed by atoms with Gasteiger partial charge in [0, 0.05) is 25.6 Å². The van der Waals surface area contributed by atoms with E-state index in [4.69, 9.17) is 9.47 Å². The van der Waals surface area contributed by atoms with Crippen molar-refractivity contribution in [3.05, 3.63) is 65.2 Å². The largest absolute Gasteiger partial charge is 0.494 e. The van der Waals surface area contributed by atoms with Crippen LogP contribution in [0.2, 0.25) is 0 Å². The summed E-state index contributed by atoms with van der Waals surface area (Å²) in [6, 6.07) is 17.2. The Labute approximate surface area is 192 Å². The van der Waals surface area contributed by atoms with Crippen molar-refractivity contribution in [3.63, 3.8) is 0 Å². The number of carbonyl (C=O) groups excluding carboxylic acids is 1. The van der Waals surface area contributed by atoms with Crippen LogP contribution in [-0.4, -0.2) is 50.3 Å². The van der Waals surface area contributed by atoms with Crippen LogP contribution in [0.25, 0.3) is 0 Å². The van der Waals surface area contributed by atoms with E-state index < -0.39 is 0 Å². The van der Waals surface area contributed by atoms with Crippen LogP contribution in [0.1, 0.15) is 61.8 Å². The molecular weight excluding hydrogens is 400 g/mol. The third kappa shape index (κ3) is 5.51. The van der Waals surface area contributed by atoms with Gasteiger partial charge in [-0.2, -0.15) is 0 Å². The highest BCUT2D eigenvalue weighted by atomic mass is 16.5. The van der Waals surface area contributed by atoms with Crippen LogP contribution in [0, 0.1) is 5.92 Å². The summed E-state index contributed by atoms with van der Waals surface area (Å²) in [7, 11) is 0. The molecule has 1 heterocycles. The number of carbonyl (C=O) groups is 1. The summed E-state index contributed by atoms with van der Waals surface area (Å²) in [4.78, 5) is 15.4. The van der Waals surface area contributed by atoms with Crippen LogP contribution in [0.15, 0.2) is 48.5 Å². The summed E-state index contributed by atoms with van der Waals surface area (Å²) in [5, 5.41) is 3.26. The Morgan fingerprint density at radius 2 is 1.84 bits per heavy atom. The lowest BCUT2D eigenvalue weighted by molar-refractivity contribution is -0.122. The monoisotopic (exact) mass is 436 g/mol. The molecule has 2 aromatic carbocycles. The molecule has 1 amide bonds. The number of amides is 1. The Bertz CT molecular complexity index is 890. The molecule has 5 nitrogen and oxygen atoms in total. The fraction of sp³-hybridized carbons (Fsp3) is 0.519. The topological polar surface area (TPSA) is 50.8 Å². The molecular formula is C27H36N2O3. The van der Waals surface area contributed by atoms with E-state index in [0.29, 0.717) is 25.0 Å². The minimum atomic E-state index is 0.0560. The molecule has 1 saturated carbocycles. The van der Waals surface area contributed by atoms with E-state index in [9.17, 15) is 4.79 Å². The first-order valence-corrected chi connectivity index (χ1v) is 12.0. The zero-order chi connectivity index (χ0) is 22.5. The van der Waals surface area contributed by atoms with E-state index >= 15 is 0 Å². The smallest absolute Gasteiger partial charge is 0.223 e. The molecule has 0 aromatic heterocycles. The van der Waals surface area contributed by atoms with E-state index in [0.717, 1.165) is 38.5 Å². The van der Waals surface area contributed by atoms with Crippen LogP contribution >= 0.6 is 0 Å². The first-order chi connectivity index (χ1) is 15.6. The maximum absolute atomic E-state index is 13.0. The van der Waals surface area contributed by atoms with Crippen LogP contribution in [0.4, 0.5) is 0 Å². The predicted molar refractivity (Wildman–Crippen MR) is 127 cm³/mol. The van der Waals surface area contributed by atoms with Crippen molar-refractivity contribution < 1.29 is 14.3 Å². The molecule has 1 aliphatic carbocycles. The zero-order valence-electron chi connectivity index (χ0n) is 19.5. The molecule has 2 aromatic rings. The van der Waals surface area contributed by atoms with E-state index in [-0.39, 0.29) is 17.9 Å². The first kappa shape index (κ1) is 22.8. The summed E-state index contributed by atoms with van der Waals surface area (Å²) in [6.45, 7) is 11.0. The molecule has 0 radical (unpaired) electrons. The number of nitrogens with zero attached hydrogens (tertiary/aromatic N) is 1. The number of rotatable bonds is 9. The average Bonchev–Trinajstić information content (AvgIpc) is 3.62. The predicted octanol–water partition coefficient (Wildman–Crippen LogP) is 4.50. The summed E-state index contributed by atoms with van der Waals surface area (Å²) >= 11 is 0. The lowest BCUT2D eigenvalue weighted by Gasteiger charge is -2.35. The average molecular weight is 437 g/mol. The quantitative estimate of drug-likeness (QED) is 0.629. The van der Waals surface area contributed by atoms with Gasteiger partial charge >= 0.3 is 0 Å². The molecule has 1 aliphatic heterocycles. The fourth-order valence-corrected chi connectivity index (χ4v) is 4.63. The molecule has 2 aliphatic rings. The van der Waals surface area contributed by atoms with Crippen molar-refractivity contribution in [2.45, 2.75) is 45.1 Å². The molecule has 0 bridgehead atoms. The number of morpholine rings is 1. The van der Waals surface area contributed by atoms with Gasteiger partial charge in [-0.25, -0.2) is 0 Å². The van der Waals surface area contributed by atoms with Crippen LogP contribution in [-0.2, 0) is 9.53 Å². The van der Waals surface area contributed by atoms with Crippen LogP contribution in [0.3, 0.4) is 0 Å². The van der Waals surface area contributed by atoms with Gasteiger partial charge in [-0.3, -0.25) is 9.69 Å². The second-order valence-electron chi connectivity index (χ2n) is 9.18. The molecule has 2 fully saturated rings. The summed E-state index contributed by atoms with van der Waals surface area (Å²) in [5.74, 6) is 1.91. The summed E-state index contributed by atoms with van der Waals surface area (Å²) < 4.78 is 11.2. The Hall–Kier alpha value is -2.37. The van der Waals surface area contributed by atoms with Gasteiger partial charge in [0.05, 0.1) is 25.9 Å². The maximum atomic E-state index is 13.0. The standard InChI is InChI=1S/C27H36N2O3/c1-4-32-23-7-5-6-22(16-23)24-17-25(24)27(30)28-18-26(29-12-14-31-15-13-29)21-10-8-20(9-11-21)19(2)3/h5-11,16,19,24-26H,4,12-15,17-18H2,1-3H3,(H,28,30). The lowest BCUT2D eigenvalue weighted by Crippen LogP contribution is -2.44. The minimum Gasteiger partial charge on any atom is -0.494 e. The molecule has 0 spiro atoms. The number of benzene rings is 2. The highest BCUT2D eigenvalue weighted by molar-refractivity contribution is 5.83. The molecule has 4 rings (SSSR count). The molecule has 1 saturated heterocycles. The van der Waals surface area contributed by atoms with E-state index in [1.54, 1.807) is 0 Å². The second-order valence-corrected chi connectivity index (χ2v) is 9.18. The molecule has 32 heavy (non-hydrogen) atoms. The van der Waals surface area contributed by atoms with Crippen molar-refractivity contribution in [1.29, 1.82) is 0 Å². The number of ether oxygens (including phenoxy) is 2. The minimum absolute atomic E-state index is 0.0560. The number of hydrogen-bond acceptors (Lipinski definition) is 4. The Balaban J connectivity index is 1.39. The van der Waals surface area contributed by atoms with E-state index in [1.165, 1.54) is 16.7 Å². The third-order valence-corrected chi connectivity index (χ3v) is 6.67. The second kappa shape index (κ2) is 10.5. The van der Waals surface area contributed by atoms with Gasteiger partial charge in [-0.1, -0.05) is 50.2 Å². The van der Waals surface area contributed by atoms with Crippen LogP contribution in [0.5, 0.6) is 5.75 Å². The fourth-order valence-electron chi connectivity index (χ4n) is 4.63. The first-order valence-electron chi connectivity index (χ1n) is 12.0. The van der Waals surface area contributed by atoms with Crippen molar-refractivity contribution in [3.8, 4) is 5.75 Å². The summed E-state index contributed by atoms with van der Waals surface area (Å²) in [5.41, 5.74) is 3.80. The highest BCUT2D eigenvalue weighted by Crippen LogP contribution is 2.48. The van der Waals surface area contributed by atoms with Crippen molar-refractivity contribution >= 4 is 5.91 Å². The third-order valence-electron chi connectivity index (χ3n) is 6.67. The maximum Gasteiger partial charge on any atom is 0.223 e. The van der Waals surface area contributed by atoms with E-state index in [1.807, 2.05) is 19.1 Å². The van der Waals surface area contributed by atoms with Gasteiger partial charge in [0.15, 0.2) is 0 Å².